The van der Waals surface area contributed by atoms with Crippen molar-refractivity contribution < 1.29 is 14.6 Å². The van der Waals surface area contributed by atoms with Gasteiger partial charge in [-0.2, -0.15) is 0 Å². The molecule has 0 aliphatic carbocycles. The monoisotopic (exact) mass is 255 g/mol. The summed E-state index contributed by atoms with van der Waals surface area (Å²) >= 11 is 0. The Morgan fingerprint density at radius 1 is 1.22 bits per heavy atom. The van der Waals surface area contributed by atoms with Crippen molar-refractivity contribution in [3.63, 3.8) is 0 Å². The second-order valence-corrected chi connectivity index (χ2v) is 5.16. The molecule has 3 N–H and O–H groups in total. The third-order valence-electron chi connectivity index (χ3n) is 3.16. The van der Waals surface area contributed by atoms with E-state index < -0.39 is 0 Å². The summed E-state index contributed by atoms with van der Waals surface area (Å²) in [5.41, 5.74) is 0.883. The van der Waals surface area contributed by atoms with Crippen LogP contribution < -0.4 is 5.32 Å². The van der Waals surface area contributed by atoms with E-state index in [0.29, 0.717) is 13.0 Å². The van der Waals surface area contributed by atoms with Crippen molar-refractivity contribution >= 4 is 0 Å². The van der Waals surface area contributed by atoms with Crippen molar-refractivity contribution in [2.75, 3.05) is 19.8 Å². The normalized spacial score (nSPS) is 13.6. The summed E-state index contributed by atoms with van der Waals surface area (Å²) in [7, 11) is 0. The van der Waals surface area contributed by atoms with Crippen LogP contribution in [-0.2, 0) is 5.41 Å². The molecule has 0 aromatic heterocycles. The van der Waals surface area contributed by atoms with Gasteiger partial charge in [-0.15, -0.1) is 0 Å². The van der Waals surface area contributed by atoms with Crippen molar-refractivity contribution in [2.24, 2.45) is 0 Å². The molecule has 1 unspecified atom stereocenters. The summed E-state index contributed by atoms with van der Waals surface area (Å²) in [6, 6.07) is 6.35. The van der Waals surface area contributed by atoms with Crippen LogP contribution in [0.3, 0.4) is 0 Å². The van der Waals surface area contributed by atoms with Gasteiger partial charge in [-0.25, -0.2) is 4.39 Å². The fourth-order valence-electron chi connectivity index (χ4n) is 1.82. The number of aliphatic hydroxyl groups is 2. The van der Waals surface area contributed by atoms with E-state index in [1.54, 1.807) is 12.1 Å². The Balaban J connectivity index is 2.60. The number of aliphatic hydroxyl groups excluding tert-OH is 2. The molecule has 1 atom stereocenters. The highest BCUT2D eigenvalue weighted by Gasteiger charge is 2.21. The lowest BCUT2D eigenvalue weighted by atomic mass is 9.84. The Morgan fingerprint density at radius 3 is 2.33 bits per heavy atom. The molecule has 3 nitrogen and oxygen atoms in total. The molecule has 0 radical (unpaired) electrons. The Kier molecular flexibility index (Phi) is 5.72. The van der Waals surface area contributed by atoms with Gasteiger partial charge in [-0.1, -0.05) is 26.0 Å². The topological polar surface area (TPSA) is 52.5 Å². The second kappa shape index (κ2) is 6.83. The molecule has 1 rings (SSSR count). The van der Waals surface area contributed by atoms with Crippen LogP contribution >= 0.6 is 0 Å². The Morgan fingerprint density at radius 2 is 1.83 bits per heavy atom. The van der Waals surface area contributed by atoms with Crippen molar-refractivity contribution in [2.45, 2.75) is 31.7 Å². The van der Waals surface area contributed by atoms with Gasteiger partial charge in [0, 0.05) is 24.6 Å². The Hall–Kier alpha value is -0.970. The van der Waals surface area contributed by atoms with Crippen LogP contribution in [0.25, 0.3) is 0 Å². The number of hydrogen-bond donors (Lipinski definition) is 3. The zero-order chi connectivity index (χ0) is 13.6. The first-order chi connectivity index (χ1) is 8.49. The maximum atomic E-state index is 12.9. The Labute approximate surface area is 108 Å². The van der Waals surface area contributed by atoms with E-state index in [1.165, 1.54) is 12.1 Å². The van der Waals surface area contributed by atoms with Gasteiger partial charge in [0.1, 0.15) is 5.82 Å². The highest BCUT2D eigenvalue weighted by Crippen LogP contribution is 2.22. The Bertz CT molecular complexity index is 351. The summed E-state index contributed by atoms with van der Waals surface area (Å²) < 4.78 is 12.9. The van der Waals surface area contributed by atoms with E-state index in [1.807, 2.05) is 0 Å². The third kappa shape index (κ3) is 4.37. The minimum absolute atomic E-state index is 0.0000574. The van der Waals surface area contributed by atoms with Crippen LogP contribution in [0.15, 0.2) is 24.3 Å². The van der Waals surface area contributed by atoms with Crippen LogP contribution in [0.5, 0.6) is 0 Å². The first kappa shape index (κ1) is 15.1. The van der Waals surface area contributed by atoms with Crippen LogP contribution in [-0.4, -0.2) is 36.0 Å². The van der Waals surface area contributed by atoms with Crippen LogP contribution in [0, 0.1) is 5.82 Å². The standard InChI is InChI=1S/C14H22FNO2/c1-14(2,10-16-13(9-18)7-8-17)11-3-5-12(15)6-4-11/h3-6,13,16-18H,7-10H2,1-2H3. The van der Waals surface area contributed by atoms with Gasteiger partial charge in [-0.3, -0.25) is 0 Å². The van der Waals surface area contributed by atoms with Crippen molar-refractivity contribution in [3.05, 3.63) is 35.6 Å². The number of benzene rings is 1. The predicted molar refractivity (Wildman–Crippen MR) is 70.0 cm³/mol. The van der Waals surface area contributed by atoms with Gasteiger partial charge in [0.05, 0.1) is 6.61 Å². The minimum atomic E-state index is -0.240. The highest BCUT2D eigenvalue weighted by atomic mass is 19.1. The number of rotatable bonds is 7. The second-order valence-electron chi connectivity index (χ2n) is 5.16. The molecule has 18 heavy (non-hydrogen) atoms. The number of halogens is 1. The molecule has 0 aliphatic heterocycles. The molecule has 1 aromatic carbocycles. The van der Waals surface area contributed by atoms with Crippen LogP contribution in [0.2, 0.25) is 0 Å². The molecule has 0 bridgehead atoms. The molecule has 0 spiro atoms. The predicted octanol–water partition coefficient (Wildman–Crippen LogP) is 1.44. The number of nitrogens with one attached hydrogen (secondary N) is 1. The van der Waals surface area contributed by atoms with E-state index in [0.717, 1.165) is 5.56 Å². The highest BCUT2D eigenvalue weighted by molar-refractivity contribution is 5.24. The molecule has 0 aliphatic rings. The summed E-state index contributed by atoms with van der Waals surface area (Å²) in [4.78, 5) is 0. The van der Waals surface area contributed by atoms with Gasteiger partial charge in [0.15, 0.2) is 0 Å². The molecular formula is C14H22FNO2. The largest absolute Gasteiger partial charge is 0.396 e. The lowest BCUT2D eigenvalue weighted by molar-refractivity contribution is 0.195. The van der Waals surface area contributed by atoms with E-state index in [4.69, 9.17) is 10.2 Å². The van der Waals surface area contributed by atoms with Gasteiger partial charge in [0.25, 0.3) is 0 Å². The molecule has 0 fully saturated rings. The fourth-order valence-corrected chi connectivity index (χ4v) is 1.82. The molecule has 0 saturated heterocycles. The van der Waals surface area contributed by atoms with Crippen molar-refractivity contribution in [3.8, 4) is 0 Å². The average Bonchev–Trinajstić information content (AvgIpc) is 2.35. The van der Waals surface area contributed by atoms with Gasteiger partial charge < -0.3 is 15.5 Å². The summed E-state index contributed by atoms with van der Waals surface area (Å²) in [6.07, 6.45) is 0.524. The first-order valence-corrected chi connectivity index (χ1v) is 6.21. The maximum absolute atomic E-state index is 12.9. The van der Waals surface area contributed by atoms with E-state index in [2.05, 4.69) is 19.2 Å². The summed E-state index contributed by atoms with van der Waals surface area (Å²) in [6.45, 7) is 4.82. The van der Waals surface area contributed by atoms with Crippen LogP contribution in [0.1, 0.15) is 25.8 Å². The van der Waals surface area contributed by atoms with Crippen molar-refractivity contribution in [1.29, 1.82) is 0 Å². The molecular weight excluding hydrogens is 233 g/mol. The zero-order valence-electron chi connectivity index (χ0n) is 11.0. The molecule has 0 saturated carbocycles. The molecule has 0 heterocycles. The third-order valence-corrected chi connectivity index (χ3v) is 3.16. The lowest BCUT2D eigenvalue weighted by Crippen LogP contribution is -2.41. The molecule has 4 heteroatoms. The zero-order valence-corrected chi connectivity index (χ0v) is 11.0. The fraction of sp³-hybridized carbons (Fsp3) is 0.571. The molecule has 1 aromatic rings. The summed E-state index contributed by atoms with van der Waals surface area (Å²) in [5.74, 6) is -0.240. The van der Waals surface area contributed by atoms with Gasteiger partial charge >= 0.3 is 0 Å². The van der Waals surface area contributed by atoms with Gasteiger partial charge in [0.2, 0.25) is 0 Å². The first-order valence-electron chi connectivity index (χ1n) is 6.21. The average molecular weight is 255 g/mol. The quantitative estimate of drug-likeness (QED) is 0.691. The van der Waals surface area contributed by atoms with Crippen molar-refractivity contribution in [1.82, 2.24) is 5.32 Å². The lowest BCUT2D eigenvalue weighted by Gasteiger charge is -2.28. The molecule has 0 amide bonds. The maximum Gasteiger partial charge on any atom is 0.123 e. The molecule has 102 valence electrons. The smallest absolute Gasteiger partial charge is 0.123 e. The van der Waals surface area contributed by atoms with Gasteiger partial charge in [-0.05, 0) is 24.1 Å². The summed E-state index contributed by atoms with van der Waals surface area (Å²) in [5, 5.41) is 21.2. The van der Waals surface area contributed by atoms with E-state index >= 15 is 0 Å². The van der Waals surface area contributed by atoms with Crippen LogP contribution in [0.4, 0.5) is 4.39 Å². The number of hydrogen-bond acceptors (Lipinski definition) is 3. The minimum Gasteiger partial charge on any atom is -0.396 e. The SMILES string of the molecule is CC(C)(CNC(CO)CCO)c1ccc(F)cc1. The van der Waals surface area contributed by atoms with E-state index in [9.17, 15) is 4.39 Å². The van der Waals surface area contributed by atoms with E-state index in [-0.39, 0.29) is 30.5 Å².